The van der Waals surface area contributed by atoms with Gasteiger partial charge in [-0.15, -0.1) is 0 Å². The summed E-state index contributed by atoms with van der Waals surface area (Å²) in [6, 6.07) is 0. The van der Waals surface area contributed by atoms with Crippen LogP contribution in [0.1, 0.15) is 66.2 Å². The predicted octanol–water partition coefficient (Wildman–Crippen LogP) is 5.40. The van der Waals surface area contributed by atoms with E-state index in [4.69, 9.17) is 0 Å². The topological polar surface area (TPSA) is 0 Å². The van der Waals surface area contributed by atoms with Gasteiger partial charge in [0.1, 0.15) is 0 Å². The summed E-state index contributed by atoms with van der Waals surface area (Å²) >= 11 is -2.18. The van der Waals surface area contributed by atoms with Crippen molar-refractivity contribution in [3.8, 4) is 21.7 Å². The summed E-state index contributed by atoms with van der Waals surface area (Å²) in [4.78, 5) is 0. The normalized spacial score (nSPS) is 10.2. The van der Waals surface area contributed by atoms with Gasteiger partial charge in [-0.2, -0.15) is 0 Å². The van der Waals surface area contributed by atoms with E-state index in [2.05, 4.69) is 42.5 Å². The molecule has 0 heterocycles. The van der Waals surface area contributed by atoms with Gasteiger partial charge < -0.3 is 0 Å². The Labute approximate surface area is 119 Å². The fourth-order valence-corrected chi connectivity index (χ4v) is 15.3. The van der Waals surface area contributed by atoms with E-state index in [-0.39, 0.29) is 0 Å². The summed E-state index contributed by atoms with van der Waals surface area (Å²) < 4.78 is 8.11. The average molecular weight is 353 g/mol. The molecule has 0 rings (SSSR count). The van der Waals surface area contributed by atoms with Gasteiger partial charge in [0.05, 0.1) is 0 Å². The van der Waals surface area contributed by atoms with Gasteiger partial charge in [0, 0.05) is 0 Å². The van der Waals surface area contributed by atoms with E-state index >= 15 is 0 Å². The average Bonchev–Trinajstić information content (AvgIpc) is 2.40. The third-order valence-electron chi connectivity index (χ3n) is 3.54. The van der Waals surface area contributed by atoms with E-state index in [0.29, 0.717) is 0 Å². The molecule has 0 unspecified atom stereocenters. The number of rotatable bonds is 9. The molecular formula is C17H30Sn. The zero-order valence-corrected chi connectivity index (χ0v) is 15.7. The zero-order chi connectivity index (χ0) is 13.7. The monoisotopic (exact) mass is 354 g/mol. The van der Waals surface area contributed by atoms with Crippen LogP contribution in [0.4, 0.5) is 0 Å². The summed E-state index contributed by atoms with van der Waals surface area (Å²) in [6.07, 6.45) is 8.11. The molecule has 0 fully saturated rings. The van der Waals surface area contributed by atoms with Gasteiger partial charge in [0.2, 0.25) is 0 Å². The maximum absolute atomic E-state index is 3.72. The Morgan fingerprint density at radius 3 is 1.50 bits per heavy atom. The Bertz CT molecular complexity index is 286. The van der Waals surface area contributed by atoms with Crippen LogP contribution in [0, 0.1) is 21.7 Å². The molecule has 0 aromatic carbocycles. The van der Waals surface area contributed by atoms with Crippen molar-refractivity contribution >= 4 is 18.4 Å². The molecule has 0 aromatic heterocycles. The van der Waals surface area contributed by atoms with Crippen LogP contribution in [-0.2, 0) is 0 Å². The van der Waals surface area contributed by atoms with Gasteiger partial charge in [0.25, 0.3) is 0 Å². The molecular weight excluding hydrogens is 323 g/mol. The Morgan fingerprint density at radius 1 is 0.722 bits per heavy atom. The number of unbranched alkanes of at least 4 members (excludes halogenated alkanes) is 3. The Morgan fingerprint density at radius 2 is 1.17 bits per heavy atom. The summed E-state index contributed by atoms with van der Waals surface area (Å²) in [5.74, 6) is 9.08. The van der Waals surface area contributed by atoms with Crippen LogP contribution in [0.25, 0.3) is 0 Å². The standard InChI is InChI=1S/C5H3.3C4H9.Sn/c1-3-5-4-2;3*1-3-4-2;/h1H3;3*1,3-4H2,2H3;. The molecule has 0 N–H and O–H groups in total. The van der Waals surface area contributed by atoms with E-state index in [1.165, 1.54) is 51.8 Å². The molecule has 0 saturated carbocycles. The SMILES string of the molecule is CC#CC#[C][Sn]([CH2]CCC)([CH2]CCC)[CH2]CCC. The van der Waals surface area contributed by atoms with Crippen LogP contribution in [0.3, 0.4) is 0 Å². The molecule has 0 aliphatic heterocycles. The minimum absolute atomic E-state index is 1.32. The molecule has 0 aromatic rings. The van der Waals surface area contributed by atoms with Crippen LogP contribution in [0.2, 0.25) is 13.3 Å². The van der Waals surface area contributed by atoms with E-state index < -0.39 is 18.4 Å². The first kappa shape index (κ1) is 17.9. The van der Waals surface area contributed by atoms with Crippen molar-refractivity contribution in [2.24, 2.45) is 0 Å². The van der Waals surface area contributed by atoms with Gasteiger partial charge in [-0.3, -0.25) is 0 Å². The van der Waals surface area contributed by atoms with Crippen molar-refractivity contribution in [2.75, 3.05) is 0 Å². The van der Waals surface area contributed by atoms with E-state index in [1.54, 1.807) is 0 Å². The van der Waals surface area contributed by atoms with E-state index in [0.717, 1.165) is 0 Å². The van der Waals surface area contributed by atoms with Gasteiger partial charge in [0.15, 0.2) is 0 Å². The van der Waals surface area contributed by atoms with Crippen molar-refractivity contribution in [1.29, 1.82) is 0 Å². The second-order valence-corrected chi connectivity index (χ2v) is 17.5. The van der Waals surface area contributed by atoms with Crippen molar-refractivity contribution in [3.05, 3.63) is 0 Å². The molecule has 0 radical (unpaired) electrons. The first-order chi connectivity index (χ1) is 8.74. The van der Waals surface area contributed by atoms with Crippen LogP contribution in [-0.4, -0.2) is 18.4 Å². The van der Waals surface area contributed by atoms with Crippen LogP contribution in [0.15, 0.2) is 0 Å². The molecule has 0 spiro atoms. The minimum atomic E-state index is -2.18. The summed E-state index contributed by atoms with van der Waals surface area (Å²) in [5.41, 5.74) is 0. The van der Waals surface area contributed by atoms with E-state index in [1.807, 2.05) is 6.92 Å². The van der Waals surface area contributed by atoms with Crippen molar-refractivity contribution in [2.45, 2.75) is 79.5 Å². The third-order valence-corrected chi connectivity index (χ3v) is 16.6. The van der Waals surface area contributed by atoms with E-state index in [9.17, 15) is 0 Å². The van der Waals surface area contributed by atoms with Crippen molar-refractivity contribution in [1.82, 2.24) is 0 Å². The van der Waals surface area contributed by atoms with Gasteiger partial charge in [-0.1, -0.05) is 0 Å². The molecule has 0 aliphatic carbocycles. The molecule has 102 valence electrons. The zero-order valence-electron chi connectivity index (χ0n) is 12.9. The molecule has 1 heteroatoms. The molecule has 0 atom stereocenters. The molecule has 0 aliphatic rings. The molecule has 0 nitrogen and oxygen atoms in total. The molecule has 18 heavy (non-hydrogen) atoms. The summed E-state index contributed by atoms with van der Waals surface area (Å²) in [5, 5.41) is 0. The van der Waals surface area contributed by atoms with Crippen LogP contribution < -0.4 is 0 Å². The second kappa shape index (κ2) is 12.0. The van der Waals surface area contributed by atoms with Crippen LogP contribution >= 0.6 is 0 Å². The van der Waals surface area contributed by atoms with Crippen LogP contribution in [0.5, 0.6) is 0 Å². The number of hydrogen-bond donors (Lipinski definition) is 0. The Kier molecular flexibility index (Phi) is 11.9. The first-order valence-electron chi connectivity index (χ1n) is 7.68. The predicted molar refractivity (Wildman–Crippen MR) is 86.1 cm³/mol. The molecule has 0 amide bonds. The third kappa shape index (κ3) is 8.10. The van der Waals surface area contributed by atoms with Crippen molar-refractivity contribution in [3.63, 3.8) is 0 Å². The fourth-order valence-electron chi connectivity index (χ4n) is 2.33. The fraction of sp³-hybridized carbons (Fsp3) is 0.765. The summed E-state index contributed by atoms with van der Waals surface area (Å²) in [6.45, 7) is 8.79. The van der Waals surface area contributed by atoms with Crippen molar-refractivity contribution < 1.29 is 0 Å². The van der Waals surface area contributed by atoms with Gasteiger partial charge in [-0.25, -0.2) is 0 Å². The molecule has 0 saturated heterocycles. The Balaban J connectivity index is 4.84. The summed E-state index contributed by atoms with van der Waals surface area (Å²) in [7, 11) is 0. The molecule has 0 bridgehead atoms. The first-order valence-corrected chi connectivity index (χ1v) is 15.2. The van der Waals surface area contributed by atoms with Gasteiger partial charge >= 0.3 is 120 Å². The number of hydrogen-bond acceptors (Lipinski definition) is 0. The quantitative estimate of drug-likeness (QED) is 0.385. The Hall–Kier alpha value is -0.0813. The maximum atomic E-state index is 3.72. The van der Waals surface area contributed by atoms with Gasteiger partial charge in [-0.05, 0) is 0 Å². The second-order valence-electron chi connectivity index (χ2n) is 5.22.